The molecule has 0 heterocycles. The van der Waals surface area contributed by atoms with E-state index >= 15 is 0 Å². The van der Waals surface area contributed by atoms with Crippen LogP contribution < -0.4 is 10.0 Å². The quantitative estimate of drug-likeness (QED) is 0.435. The third kappa shape index (κ3) is 6.01. The Morgan fingerprint density at radius 2 is 1.54 bits per heavy atom. The van der Waals surface area contributed by atoms with Crippen molar-refractivity contribution in [3.63, 3.8) is 0 Å². The summed E-state index contributed by atoms with van der Waals surface area (Å²) in [4.78, 5) is 24.1. The van der Waals surface area contributed by atoms with E-state index in [2.05, 4.69) is 14.8 Å². The van der Waals surface area contributed by atoms with E-state index < -0.39 is 16.0 Å². The highest BCUT2D eigenvalue weighted by molar-refractivity contribution is 7.92. The monoisotopic (exact) mass is 514 g/mol. The maximum atomic E-state index is 13.1. The molecule has 9 heteroatoms. The van der Waals surface area contributed by atoms with Gasteiger partial charge in [0, 0.05) is 16.3 Å². The Balaban J connectivity index is 1.89. The summed E-state index contributed by atoms with van der Waals surface area (Å²) < 4.78 is 33.3. The molecule has 0 fully saturated rings. The average molecular weight is 515 g/mol. The van der Waals surface area contributed by atoms with Crippen molar-refractivity contribution in [2.45, 2.75) is 32.6 Å². The van der Waals surface area contributed by atoms with Crippen molar-refractivity contribution >= 4 is 39.2 Å². The van der Waals surface area contributed by atoms with Crippen molar-refractivity contribution in [3.05, 3.63) is 81.4 Å². The van der Waals surface area contributed by atoms with Crippen LogP contribution in [0.3, 0.4) is 0 Å². The van der Waals surface area contributed by atoms with Gasteiger partial charge in [-0.3, -0.25) is 14.3 Å². The summed E-state index contributed by atoms with van der Waals surface area (Å²) in [7, 11) is -2.58. The Kier molecular flexibility index (Phi) is 7.87. The molecule has 0 bridgehead atoms. The zero-order chi connectivity index (χ0) is 25.9. The van der Waals surface area contributed by atoms with E-state index in [4.69, 9.17) is 11.6 Å². The van der Waals surface area contributed by atoms with Crippen LogP contribution in [0.4, 0.5) is 5.69 Å². The van der Waals surface area contributed by atoms with Crippen LogP contribution >= 0.6 is 11.6 Å². The molecule has 3 aromatic rings. The van der Waals surface area contributed by atoms with E-state index in [9.17, 15) is 18.0 Å². The number of anilines is 1. The normalized spacial score (nSPS) is 11.1. The lowest BCUT2D eigenvalue weighted by atomic mass is 9.95. The highest BCUT2D eigenvalue weighted by atomic mass is 35.5. The molecule has 0 aliphatic heterocycles. The van der Waals surface area contributed by atoms with Gasteiger partial charge in [0.2, 0.25) is 0 Å². The van der Waals surface area contributed by atoms with Crippen LogP contribution in [0.5, 0.6) is 0 Å². The molecule has 0 aromatic heterocycles. The molecule has 0 radical (unpaired) electrons. The second-order valence-corrected chi connectivity index (χ2v) is 10.4. The zero-order valence-corrected chi connectivity index (χ0v) is 21.7. The molecule has 0 aliphatic rings. The van der Waals surface area contributed by atoms with E-state index in [0.29, 0.717) is 27.4 Å². The maximum Gasteiger partial charge on any atom is 0.325 e. The first-order valence-corrected chi connectivity index (χ1v) is 12.7. The van der Waals surface area contributed by atoms with Crippen molar-refractivity contribution in [1.29, 1.82) is 0 Å². The second-order valence-electron chi connectivity index (χ2n) is 8.30. The van der Waals surface area contributed by atoms with Gasteiger partial charge in [-0.05, 0) is 85.3 Å². The number of nitrogens with one attached hydrogen (secondary N) is 2. The van der Waals surface area contributed by atoms with E-state index in [1.54, 1.807) is 44.2 Å². The first-order chi connectivity index (χ1) is 16.4. The molecule has 0 spiro atoms. The minimum atomic E-state index is -3.83. The van der Waals surface area contributed by atoms with Gasteiger partial charge in [-0.25, -0.2) is 8.42 Å². The number of hydrogen-bond donors (Lipinski definition) is 2. The van der Waals surface area contributed by atoms with Crippen LogP contribution in [0.25, 0.3) is 11.1 Å². The van der Waals surface area contributed by atoms with Crippen molar-refractivity contribution in [1.82, 2.24) is 5.32 Å². The lowest BCUT2D eigenvalue weighted by Gasteiger charge is -2.15. The summed E-state index contributed by atoms with van der Waals surface area (Å²) >= 11 is 6.12. The molecule has 2 N–H and O–H groups in total. The first-order valence-electron chi connectivity index (χ1n) is 10.8. The molecule has 0 saturated carbocycles. The van der Waals surface area contributed by atoms with E-state index in [0.717, 1.165) is 22.3 Å². The molecule has 7 nitrogen and oxygen atoms in total. The van der Waals surface area contributed by atoms with E-state index in [1.807, 2.05) is 32.0 Å². The number of benzene rings is 3. The van der Waals surface area contributed by atoms with Gasteiger partial charge >= 0.3 is 5.97 Å². The smallest absolute Gasteiger partial charge is 0.325 e. The van der Waals surface area contributed by atoms with Crippen LogP contribution in [0.1, 0.15) is 32.6 Å². The SMILES string of the molecule is COC(=O)CNC(=O)c1c(C)cc(-c2cccc(NS(=O)(=O)c3cc(C)c(Cl)cc3C)c2)cc1C. The third-order valence-corrected chi connectivity index (χ3v) is 7.51. The lowest BCUT2D eigenvalue weighted by molar-refractivity contribution is -0.139. The van der Waals surface area contributed by atoms with Crippen LogP contribution in [0.15, 0.2) is 53.4 Å². The Morgan fingerprint density at radius 3 is 2.17 bits per heavy atom. The number of sulfonamides is 1. The van der Waals surface area contributed by atoms with Gasteiger partial charge in [0.05, 0.1) is 12.0 Å². The van der Waals surface area contributed by atoms with Gasteiger partial charge in [0.1, 0.15) is 6.54 Å². The Labute approximate surface area is 210 Å². The maximum absolute atomic E-state index is 13.1. The summed E-state index contributed by atoms with van der Waals surface area (Å²) in [6.07, 6.45) is 0. The molecule has 0 unspecified atom stereocenters. The molecule has 184 valence electrons. The van der Waals surface area contributed by atoms with Crippen LogP contribution in [0, 0.1) is 27.7 Å². The third-order valence-electron chi connectivity index (χ3n) is 5.57. The van der Waals surface area contributed by atoms with Gasteiger partial charge in [-0.1, -0.05) is 35.9 Å². The number of hydrogen-bond acceptors (Lipinski definition) is 5. The van der Waals surface area contributed by atoms with E-state index in [-0.39, 0.29) is 17.3 Å². The first kappa shape index (κ1) is 26.2. The van der Waals surface area contributed by atoms with Gasteiger partial charge < -0.3 is 10.1 Å². The number of carbonyl (C=O) groups is 2. The Morgan fingerprint density at radius 1 is 0.886 bits per heavy atom. The molecule has 0 aliphatic carbocycles. The number of amides is 1. The topological polar surface area (TPSA) is 102 Å². The van der Waals surface area contributed by atoms with Gasteiger partial charge in [0.15, 0.2) is 0 Å². The average Bonchev–Trinajstić information content (AvgIpc) is 2.79. The predicted octanol–water partition coefficient (Wildman–Crippen LogP) is 4.94. The molecule has 0 atom stereocenters. The summed E-state index contributed by atoms with van der Waals surface area (Å²) in [5.74, 6) is -0.902. The number of methoxy groups -OCH3 is 1. The second kappa shape index (κ2) is 10.5. The predicted molar refractivity (Wildman–Crippen MR) is 137 cm³/mol. The highest BCUT2D eigenvalue weighted by Gasteiger charge is 2.19. The molecule has 1 amide bonds. The van der Waals surface area contributed by atoms with Gasteiger partial charge in [0.25, 0.3) is 15.9 Å². The molecule has 35 heavy (non-hydrogen) atoms. The molecule has 3 aromatic carbocycles. The molecular formula is C26H27ClN2O5S. The van der Waals surface area contributed by atoms with Crippen molar-refractivity contribution in [3.8, 4) is 11.1 Å². The number of halogens is 1. The lowest BCUT2D eigenvalue weighted by Crippen LogP contribution is -2.31. The number of carbonyl (C=O) groups excluding carboxylic acids is 2. The molecule has 3 rings (SSSR count). The zero-order valence-electron chi connectivity index (χ0n) is 20.2. The fourth-order valence-electron chi connectivity index (χ4n) is 3.82. The van der Waals surface area contributed by atoms with Crippen molar-refractivity contribution in [2.24, 2.45) is 0 Å². The Bertz CT molecular complexity index is 1390. The molecule has 0 saturated heterocycles. The highest BCUT2D eigenvalue weighted by Crippen LogP contribution is 2.29. The largest absolute Gasteiger partial charge is 0.468 e. The van der Waals surface area contributed by atoms with Crippen molar-refractivity contribution in [2.75, 3.05) is 18.4 Å². The summed E-state index contributed by atoms with van der Waals surface area (Å²) in [5.41, 5.74) is 5.16. The van der Waals surface area contributed by atoms with Gasteiger partial charge in [-0.15, -0.1) is 0 Å². The van der Waals surface area contributed by atoms with Crippen LogP contribution in [-0.2, 0) is 19.6 Å². The van der Waals surface area contributed by atoms with Crippen molar-refractivity contribution < 1.29 is 22.7 Å². The minimum Gasteiger partial charge on any atom is -0.468 e. The number of aryl methyl sites for hydroxylation is 4. The van der Waals surface area contributed by atoms with Crippen LogP contribution in [-0.4, -0.2) is 33.9 Å². The standard InChI is InChI=1S/C26H27ClN2O5S/c1-15-12-23(16(2)11-22(15)27)35(32,33)29-21-8-6-7-19(13-21)20-9-17(3)25(18(4)10-20)26(31)28-14-24(30)34-5/h6-13,29H,14H2,1-5H3,(H,28,31). The number of rotatable bonds is 7. The summed E-state index contributed by atoms with van der Waals surface area (Å²) in [6.45, 7) is 6.85. The summed E-state index contributed by atoms with van der Waals surface area (Å²) in [6, 6.07) is 13.9. The fourth-order valence-corrected chi connectivity index (χ4v) is 5.40. The van der Waals surface area contributed by atoms with Gasteiger partial charge in [-0.2, -0.15) is 0 Å². The van der Waals surface area contributed by atoms with E-state index in [1.165, 1.54) is 7.11 Å². The van der Waals surface area contributed by atoms with Crippen LogP contribution in [0.2, 0.25) is 5.02 Å². The number of esters is 1. The minimum absolute atomic E-state index is 0.166. The fraction of sp³-hybridized carbons (Fsp3) is 0.231. The summed E-state index contributed by atoms with van der Waals surface area (Å²) in [5, 5.41) is 3.07. The Hall–Kier alpha value is -3.36. The molecular weight excluding hydrogens is 488 g/mol. The number of ether oxygens (including phenoxy) is 1.